The van der Waals surface area contributed by atoms with E-state index in [2.05, 4.69) is 10.6 Å². The lowest BCUT2D eigenvalue weighted by Crippen LogP contribution is -2.49. The highest BCUT2D eigenvalue weighted by atomic mass is 16.5. The van der Waals surface area contributed by atoms with E-state index in [0.717, 1.165) is 5.56 Å². The second-order valence-electron chi connectivity index (χ2n) is 7.24. The number of aliphatic carboxylic acids is 1. The van der Waals surface area contributed by atoms with Crippen LogP contribution < -0.4 is 15.4 Å². The van der Waals surface area contributed by atoms with E-state index in [4.69, 9.17) is 4.74 Å². The minimum atomic E-state index is -1.01. The Kier molecular flexibility index (Phi) is 7.61. The van der Waals surface area contributed by atoms with Crippen molar-refractivity contribution in [3.05, 3.63) is 29.8 Å². The molecule has 1 aromatic rings. The van der Waals surface area contributed by atoms with Crippen LogP contribution in [0.25, 0.3) is 0 Å². The number of rotatable bonds is 8. The largest absolute Gasteiger partial charge is 0.496 e. The van der Waals surface area contributed by atoms with E-state index in [1.807, 2.05) is 0 Å². The number of amides is 2. The SMILES string of the molecule is COc1ccccc1CC(CNC(=O)C(C)NC(=O)C(C)(C)C)C(=O)O. The van der Waals surface area contributed by atoms with Crippen molar-refractivity contribution >= 4 is 17.8 Å². The Balaban J connectivity index is 2.67. The van der Waals surface area contributed by atoms with Crippen molar-refractivity contribution in [3.8, 4) is 5.75 Å². The summed E-state index contributed by atoms with van der Waals surface area (Å²) >= 11 is 0. The normalized spacial score (nSPS) is 13.4. The summed E-state index contributed by atoms with van der Waals surface area (Å²) in [6.45, 7) is 6.78. The molecule has 0 radical (unpaired) electrons. The minimum absolute atomic E-state index is 0.0397. The van der Waals surface area contributed by atoms with Gasteiger partial charge in [0.15, 0.2) is 0 Å². The van der Waals surface area contributed by atoms with Crippen molar-refractivity contribution < 1.29 is 24.2 Å². The van der Waals surface area contributed by atoms with Gasteiger partial charge in [-0.2, -0.15) is 0 Å². The van der Waals surface area contributed by atoms with Crippen LogP contribution in [0.5, 0.6) is 5.75 Å². The van der Waals surface area contributed by atoms with Crippen LogP contribution in [0.4, 0.5) is 0 Å². The van der Waals surface area contributed by atoms with Crippen LogP contribution >= 0.6 is 0 Å². The van der Waals surface area contributed by atoms with Gasteiger partial charge in [-0.15, -0.1) is 0 Å². The Morgan fingerprint density at radius 3 is 2.35 bits per heavy atom. The van der Waals surface area contributed by atoms with Crippen molar-refractivity contribution in [1.29, 1.82) is 0 Å². The summed E-state index contributed by atoms with van der Waals surface area (Å²) < 4.78 is 5.24. The number of carbonyl (C=O) groups is 3. The Labute approximate surface area is 154 Å². The zero-order valence-corrected chi connectivity index (χ0v) is 16.0. The van der Waals surface area contributed by atoms with Crippen LogP contribution in [-0.2, 0) is 20.8 Å². The molecule has 144 valence electrons. The Morgan fingerprint density at radius 2 is 1.81 bits per heavy atom. The highest BCUT2D eigenvalue weighted by molar-refractivity contribution is 5.89. The van der Waals surface area contributed by atoms with Crippen molar-refractivity contribution in [2.45, 2.75) is 40.2 Å². The summed E-state index contributed by atoms with van der Waals surface area (Å²) in [6.07, 6.45) is 0.225. The number of para-hydroxylation sites is 1. The molecular formula is C19H28N2O5. The number of carbonyl (C=O) groups excluding carboxylic acids is 2. The lowest BCUT2D eigenvalue weighted by molar-refractivity contribution is -0.142. The number of ether oxygens (including phenoxy) is 1. The molecule has 0 heterocycles. The lowest BCUT2D eigenvalue weighted by Gasteiger charge is -2.22. The van der Waals surface area contributed by atoms with Crippen molar-refractivity contribution in [2.75, 3.05) is 13.7 Å². The average molecular weight is 364 g/mol. The molecule has 1 rings (SSSR count). The first-order valence-corrected chi connectivity index (χ1v) is 8.49. The smallest absolute Gasteiger partial charge is 0.308 e. The van der Waals surface area contributed by atoms with Crippen LogP contribution in [0, 0.1) is 11.3 Å². The summed E-state index contributed by atoms with van der Waals surface area (Å²) in [4.78, 5) is 35.6. The topological polar surface area (TPSA) is 105 Å². The molecular weight excluding hydrogens is 336 g/mol. The molecule has 7 heteroatoms. The molecule has 0 aromatic heterocycles. The van der Waals surface area contributed by atoms with Crippen molar-refractivity contribution in [2.24, 2.45) is 11.3 Å². The van der Waals surface area contributed by atoms with Crippen LogP contribution in [0.1, 0.15) is 33.3 Å². The predicted octanol–water partition coefficient (Wildman–Crippen LogP) is 1.61. The van der Waals surface area contributed by atoms with Gasteiger partial charge in [0.1, 0.15) is 11.8 Å². The third-order valence-corrected chi connectivity index (χ3v) is 3.95. The molecule has 0 saturated carbocycles. The molecule has 0 bridgehead atoms. The van der Waals surface area contributed by atoms with E-state index in [1.54, 1.807) is 52.0 Å². The van der Waals surface area contributed by atoms with E-state index in [9.17, 15) is 19.5 Å². The third kappa shape index (κ3) is 6.38. The lowest BCUT2D eigenvalue weighted by atomic mass is 9.95. The first-order valence-electron chi connectivity index (χ1n) is 8.49. The second kappa shape index (κ2) is 9.22. The van der Waals surface area contributed by atoms with Gasteiger partial charge >= 0.3 is 5.97 Å². The molecule has 7 nitrogen and oxygen atoms in total. The number of methoxy groups -OCH3 is 1. The molecule has 2 unspecified atom stereocenters. The standard InChI is InChI=1S/C19H28N2O5/c1-12(21-18(25)19(2,3)4)16(22)20-11-14(17(23)24)10-13-8-6-7-9-15(13)26-5/h6-9,12,14H,10-11H2,1-5H3,(H,20,22)(H,21,25)(H,23,24). The molecule has 0 spiro atoms. The molecule has 2 atom stereocenters. The maximum absolute atomic E-state index is 12.2. The van der Waals surface area contributed by atoms with E-state index < -0.39 is 29.3 Å². The molecule has 0 aliphatic heterocycles. The van der Waals surface area contributed by atoms with Gasteiger partial charge in [-0.25, -0.2) is 0 Å². The fourth-order valence-electron chi connectivity index (χ4n) is 2.24. The van der Waals surface area contributed by atoms with Crippen molar-refractivity contribution in [3.63, 3.8) is 0 Å². The monoisotopic (exact) mass is 364 g/mol. The van der Waals surface area contributed by atoms with Crippen LogP contribution in [-0.4, -0.2) is 42.6 Å². The van der Waals surface area contributed by atoms with Crippen molar-refractivity contribution in [1.82, 2.24) is 10.6 Å². The van der Waals surface area contributed by atoms with Crippen LogP contribution in [0.15, 0.2) is 24.3 Å². The van der Waals surface area contributed by atoms with E-state index in [-0.39, 0.29) is 18.9 Å². The maximum atomic E-state index is 12.2. The fourth-order valence-corrected chi connectivity index (χ4v) is 2.24. The fraction of sp³-hybridized carbons (Fsp3) is 0.526. The summed E-state index contributed by atoms with van der Waals surface area (Å²) in [6, 6.07) is 6.42. The molecule has 0 fully saturated rings. The molecule has 3 N–H and O–H groups in total. The number of hydrogen-bond acceptors (Lipinski definition) is 4. The van der Waals surface area contributed by atoms with E-state index >= 15 is 0 Å². The molecule has 26 heavy (non-hydrogen) atoms. The second-order valence-corrected chi connectivity index (χ2v) is 7.24. The van der Waals surface area contributed by atoms with E-state index in [0.29, 0.717) is 5.75 Å². The van der Waals surface area contributed by atoms with Gasteiger partial charge in [-0.05, 0) is 25.0 Å². The average Bonchev–Trinajstić information content (AvgIpc) is 2.57. The Morgan fingerprint density at radius 1 is 1.19 bits per heavy atom. The molecule has 0 saturated heterocycles. The summed E-state index contributed by atoms with van der Waals surface area (Å²) in [5.41, 5.74) is 0.146. The van der Waals surface area contributed by atoms with Gasteiger partial charge in [0.25, 0.3) is 0 Å². The first kappa shape index (κ1) is 21.5. The molecule has 0 aliphatic carbocycles. The van der Waals surface area contributed by atoms with Gasteiger partial charge in [-0.1, -0.05) is 39.0 Å². The minimum Gasteiger partial charge on any atom is -0.496 e. The number of hydrogen-bond donors (Lipinski definition) is 3. The highest BCUT2D eigenvalue weighted by Gasteiger charge is 2.26. The molecule has 2 amide bonds. The van der Waals surface area contributed by atoms with Gasteiger partial charge < -0.3 is 20.5 Å². The zero-order chi connectivity index (χ0) is 19.9. The summed E-state index contributed by atoms with van der Waals surface area (Å²) in [5.74, 6) is -1.88. The highest BCUT2D eigenvalue weighted by Crippen LogP contribution is 2.21. The first-order chi connectivity index (χ1) is 12.1. The van der Waals surface area contributed by atoms with E-state index in [1.165, 1.54) is 7.11 Å². The summed E-state index contributed by atoms with van der Waals surface area (Å²) in [5, 5.41) is 14.7. The quantitative estimate of drug-likeness (QED) is 0.650. The van der Waals surface area contributed by atoms with Crippen LogP contribution in [0.3, 0.4) is 0 Å². The third-order valence-electron chi connectivity index (χ3n) is 3.95. The Bertz CT molecular complexity index is 652. The molecule has 1 aromatic carbocycles. The zero-order valence-electron chi connectivity index (χ0n) is 16.0. The predicted molar refractivity (Wildman–Crippen MR) is 97.9 cm³/mol. The van der Waals surface area contributed by atoms with Gasteiger partial charge in [0.2, 0.25) is 11.8 Å². The molecule has 0 aliphatic rings. The van der Waals surface area contributed by atoms with Gasteiger partial charge in [0, 0.05) is 12.0 Å². The number of nitrogens with one attached hydrogen (secondary N) is 2. The summed E-state index contributed by atoms with van der Waals surface area (Å²) in [7, 11) is 1.52. The van der Waals surface area contributed by atoms with Gasteiger partial charge in [0.05, 0.1) is 13.0 Å². The number of carboxylic acids is 1. The Hall–Kier alpha value is -2.57. The van der Waals surface area contributed by atoms with Crippen LogP contribution in [0.2, 0.25) is 0 Å². The number of carboxylic acid groups (broad SMARTS) is 1. The number of benzene rings is 1. The maximum Gasteiger partial charge on any atom is 0.308 e. The van der Waals surface area contributed by atoms with Gasteiger partial charge in [-0.3, -0.25) is 14.4 Å².